The zero-order chi connectivity index (χ0) is 17.3. The van der Waals surface area contributed by atoms with E-state index in [0.29, 0.717) is 0 Å². The van der Waals surface area contributed by atoms with E-state index in [2.05, 4.69) is 10.0 Å². The summed E-state index contributed by atoms with van der Waals surface area (Å²) in [7, 11) is -1.11. The normalized spacial score (nSPS) is 18.7. The number of thiocarbonyl (C=S) groups is 1. The molecule has 2 amide bonds. The summed E-state index contributed by atoms with van der Waals surface area (Å²) in [6.07, 6.45) is -0.717. The van der Waals surface area contributed by atoms with Crippen LogP contribution in [0, 0.1) is 0 Å². The van der Waals surface area contributed by atoms with E-state index in [9.17, 15) is 18.0 Å². The highest BCUT2D eigenvalue weighted by molar-refractivity contribution is 7.89. The van der Waals surface area contributed by atoms with Gasteiger partial charge in [-0.1, -0.05) is 0 Å². The summed E-state index contributed by atoms with van der Waals surface area (Å²) in [5, 5.41) is 2.16. The Labute approximate surface area is 135 Å². The summed E-state index contributed by atoms with van der Waals surface area (Å²) >= 11 is 4.87. The Kier molecular flexibility index (Phi) is 5.36. The molecular weight excluding hydrogens is 332 g/mol. The molecular formula is C11H20N4O5S2. The third-order valence-electron chi connectivity index (χ3n) is 2.56. The lowest BCUT2D eigenvalue weighted by Gasteiger charge is -2.38. The topological polar surface area (TPSA) is 108 Å². The lowest BCUT2D eigenvalue weighted by atomic mass is 10.1. The monoisotopic (exact) mass is 352 g/mol. The van der Waals surface area contributed by atoms with Crippen molar-refractivity contribution < 1.29 is 22.7 Å². The molecule has 1 unspecified atom stereocenters. The maximum absolute atomic E-state index is 11.9. The van der Waals surface area contributed by atoms with Gasteiger partial charge in [0, 0.05) is 14.1 Å². The molecule has 0 aromatic rings. The van der Waals surface area contributed by atoms with E-state index in [1.807, 2.05) is 0 Å². The Morgan fingerprint density at radius 3 is 2.36 bits per heavy atom. The molecule has 1 heterocycles. The number of likely N-dealkylation sites (tertiary alicyclic amines) is 1. The Balaban J connectivity index is 2.53. The SMILES string of the molecule is CN(C)S(=O)(=O)NC(=S)N1CC(NC(=O)OC(C)(C)C)C1=O. The average molecular weight is 352 g/mol. The van der Waals surface area contributed by atoms with E-state index >= 15 is 0 Å². The average Bonchev–Trinajstić information content (AvgIpc) is 2.30. The van der Waals surface area contributed by atoms with Crippen molar-refractivity contribution in [2.24, 2.45) is 0 Å². The van der Waals surface area contributed by atoms with Crippen molar-refractivity contribution in [3.05, 3.63) is 0 Å². The van der Waals surface area contributed by atoms with Crippen LogP contribution in [0.15, 0.2) is 0 Å². The molecule has 1 aliphatic rings. The highest BCUT2D eigenvalue weighted by Gasteiger charge is 2.41. The van der Waals surface area contributed by atoms with Crippen molar-refractivity contribution in [1.82, 2.24) is 19.2 Å². The van der Waals surface area contributed by atoms with Gasteiger partial charge in [0.2, 0.25) is 0 Å². The fourth-order valence-corrected chi connectivity index (χ4v) is 2.42. The summed E-state index contributed by atoms with van der Waals surface area (Å²) in [6, 6.07) is -0.781. The second-order valence-corrected chi connectivity index (χ2v) is 8.11. The van der Waals surface area contributed by atoms with Crippen LogP contribution in [0.3, 0.4) is 0 Å². The van der Waals surface area contributed by atoms with Crippen molar-refractivity contribution in [1.29, 1.82) is 0 Å². The molecule has 1 saturated heterocycles. The van der Waals surface area contributed by atoms with E-state index < -0.39 is 33.9 Å². The Morgan fingerprint density at radius 2 is 1.95 bits per heavy atom. The lowest BCUT2D eigenvalue weighted by Crippen LogP contribution is -2.67. The molecule has 0 aromatic heterocycles. The second kappa shape index (κ2) is 6.34. The minimum atomic E-state index is -3.77. The number of hydrogen-bond acceptors (Lipinski definition) is 6. The largest absolute Gasteiger partial charge is 0.444 e. The summed E-state index contributed by atoms with van der Waals surface area (Å²) < 4.78 is 31.3. The number of nitrogens with zero attached hydrogens (tertiary/aromatic N) is 2. The van der Waals surface area contributed by atoms with Crippen LogP contribution in [0.25, 0.3) is 0 Å². The fraction of sp³-hybridized carbons (Fsp3) is 0.727. The van der Waals surface area contributed by atoms with Crippen LogP contribution in [0.2, 0.25) is 0 Å². The van der Waals surface area contributed by atoms with Crippen molar-refractivity contribution >= 4 is 39.5 Å². The van der Waals surface area contributed by atoms with Crippen LogP contribution in [0.5, 0.6) is 0 Å². The van der Waals surface area contributed by atoms with Crippen molar-refractivity contribution in [3.8, 4) is 0 Å². The first kappa shape index (κ1) is 18.6. The molecule has 0 saturated carbocycles. The first-order valence-corrected chi connectivity index (χ1v) is 8.23. The quantitative estimate of drug-likeness (QED) is 0.519. The molecule has 1 atom stereocenters. The number of alkyl carbamates (subject to hydrolysis) is 1. The van der Waals surface area contributed by atoms with Crippen LogP contribution in [0.1, 0.15) is 20.8 Å². The van der Waals surface area contributed by atoms with Crippen molar-refractivity contribution in [2.75, 3.05) is 20.6 Å². The molecule has 1 fully saturated rings. The predicted molar refractivity (Wildman–Crippen MR) is 83.2 cm³/mol. The molecule has 22 heavy (non-hydrogen) atoms. The van der Waals surface area contributed by atoms with Crippen LogP contribution in [-0.4, -0.2) is 67.0 Å². The Bertz CT molecular complexity index is 582. The third kappa shape index (κ3) is 4.78. The van der Waals surface area contributed by atoms with E-state index in [1.54, 1.807) is 20.8 Å². The van der Waals surface area contributed by atoms with Gasteiger partial charge in [-0.2, -0.15) is 12.7 Å². The van der Waals surface area contributed by atoms with Gasteiger partial charge in [-0.15, -0.1) is 0 Å². The first-order chi connectivity index (χ1) is 9.83. The van der Waals surface area contributed by atoms with E-state index in [1.165, 1.54) is 14.1 Å². The van der Waals surface area contributed by atoms with Gasteiger partial charge < -0.3 is 10.1 Å². The zero-order valence-electron chi connectivity index (χ0n) is 13.0. The molecule has 1 rings (SSSR count). The summed E-state index contributed by atoms with van der Waals surface area (Å²) in [5.41, 5.74) is -0.673. The molecule has 0 aromatic carbocycles. The highest BCUT2D eigenvalue weighted by atomic mass is 32.2. The number of ether oxygens (including phenoxy) is 1. The molecule has 0 aliphatic carbocycles. The van der Waals surface area contributed by atoms with Gasteiger partial charge in [0.15, 0.2) is 5.11 Å². The number of nitrogens with one attached hydrogen (secondary N) is 2. The van der Waals surface area contributed by atoms with Gasteiger partial charge in [0.1, 0.15) is 11.6 Å². The second-order valence-electron chi connectivity index (χ2n) is 5.84. The van der Waals surface area contributed by atoms with E-state index in [4.69, 9.17) is 17.0 Å². The number of rotatable bonds is 3. The Hall–Kier alpha value is -1.46. The molecule has 11 heteroatoms. The number of amides is 2. The van der Waals surface area contributed by atoms with Crippen LogP contribution in [-0.2, 0) is 19.7 Å². The van der Waals surface area contributed by atoms with Gasteiger partial charge in [0.25, 0.3) is 5.91 Å². The standard InChI is InChI=1S/C11H20N4O5S2/c1-11(2,3)20-10(17)12-7-6-15(8(7)16)9(21)13-22(18,19)14(4)5/h7H,6H2,1-5H3,(H,12,17)(H,13,21). The fourth-order valence-electron chi connectivity index (χ4n) is 1.42. The molecule has 0 radical (unpaired) electrons. The van der Waals surface area contributed by atoms with Crippen molar-refractivity contribution in [2.45, 2.75) is 32.4 Å². The number of hydrogen-bond donors (Lipinski definition) is 2. The van der Waals surface area contributed by atoms with Gasteiger partial charge in [-0.3, -0.25) is 9.69 Å². The molecule has 126 valence electrons. The Morgan fingerprint density at radius 1 is 1.41 bits per heavy atom. The number of β-lactam (4-membered cyclic amide) rings is 1. The third-order valence-corrected chi connectivity index (χ3v) is 4.43. The van der Waals surface area contributed by atoms with Crippen LogP contribution < -0.4 is 10.0 Å². The molecule has 0 bridgehead atoms. The molecule has 9 nitrogen and oxygen atoms in total. The van der Waals surface area contributed by atoms with Crippen LogP contribution >= 0.6 is 12.2 Å². The number of carbonyl (C=O) groups excluding carboxylic acids is 2. The smallest absolute Gasteiger partial charge is 0.408 e. The van der Waals surface area contributed by atoms with Gasteiger partial charge in [-0.25, -0.2) is 9.52 Å². The van der Waals surface area contributed by atoms with Gasteiger partial charge >= 0.3 is 16.3 Å². The first-order valence-electron chi connectivity index (χ1n) is 6.38. The van der Waals surface area contributed by atoms with E-state index in [-0.39, 0.29) is 11.7 Å². The maximum Gasteiger partial charge on any atom is 0.408 e. The lowest BCUT2D eigenvalue weighted by molar-refractivity contribution is -0.137. The number of carbonyl (C=O) groups is 2. The van der Waals surface area contributed by atoms with Gasteiger partial charge in [-0.05, 0) is 33.0 Å². The molecule has 2 N–H and O–H groups in total. The van der Waals surface area contributed by atoms with Crippen LogP contribution in [0.4, 0.5) is 4.79 Å². The predicted octanol–water partition coefficient (Wildman–Crippen LogP) is -0.597. The summed E-state index contributed by atoms with van der Waals surface area (Å²) in [6.45, 7) is 5.18. The summed E-state index contributed by atoms with van der Waals surface area (Å²) in [4.78, 5) is 24.5. The molecule has 0 spiro atoms. The maximum atomic E-state index is 11.9. The molecule has 1 aliphatic heterocycles. The minimum absolute atomic E-state index is 0.0762. The van der Waals surface area contributed by atoms with E-state index in [0.717, 1.165) is 9.21 Å². The summed E-state index contributed by atoms with van der Waals surface area (Å²) in [5.74, 6) is -0.502. The highest BCUT2D eigenvalue weighted by Crippen LogP contribution is 2.13. The van der Waals surface area contributed by atoms with Gasteiger partial charge in [0.05, 0.1) is 6.54 Å². The zero-order valence-corrected chi connectivity index (χ0v) is 14.7. The van der Waals surface area contributed by atoms with Crippen molar-refractivity contribution in [3.63, 3.8) is 0 Å². The minimum Gasteiger partial charge on any atom is -0.444 e.